The molecule has 4 atom stereocenters. The van der Waals surface area contributed by atoms with Crippen LogP contribution < -0.4 is 10.6 Å². The molecular formula is C27H49N5O5. The number of amides is 3. The topological polar surface area (TPSA) is 111 Å². The summed E-state index contributed by atoms with van der Waals surface area (Å²) in [6.45, 7) is 12.1. The first-order valence-corrected chi connectivity index (χ1v) is 13.6. The molecule has 3 amide bonds. The molecule has 0 unspecified atom stereocenters. The van der Waals surface area contributed by atoms with E-state index < -0.39 is 17.4 Å². The van der Waals surface area contributed by atoms with E-state index in [-0.39, 0.29) is 48.3 Å². The summed E-state index contributed by atoms with van der Waals surface area (Å²) in [5, 5.41) is 5.76. The standard InChI is InChI=1S/C27H49N5O5/c1-18(2)21(17-32-15-11-13-20(32)24(34)28-16-22(33)37-8)31(7)26(36)23(27(3,4)5)29-25(35)19-12-9-10-14-30(19)6/h18-21,23H,9-17H2,1-8H3,(H,28,34)(H,29,35)/t19-,20+,21-,23-/m1/s1. The third-order valence-electron chi connectivity index (χ3n) is 7.81. The molecule has 0 spiro atoms. The molecule has 0 aromatic heterocycles. The fourth-order valence-corrected chi connectivity index (χ4v) is 5.37. The summed E-state index contributed by atoms with van der Waals surface area (Å²) in [5.41, 5.74) is -0.472. The molecule has 2 fully saturated rings. The molecule has 0 aliphatic carbocycles. The van der Waals surface area contributed by atoms with Crippen LogP contribution in [0.2, 0.25) is 0 Å². The lowest BCUT2D eigenvalue weighted by Gasteiger charge is -2.41. The van der Waals surface area contributed by atoms with Crippen molar-refractivity contribution in [2.45, 2.75) is 90.9 Å². The predicted octanol–water partition coefficient (Wildman–Crippen LogP) is 1.24. The highest BCUT2D eigenvalue weighted by molar-refractivity contribution is 5.90. The third kappa shape index (κ3) is 8.40. The highest BCUT2D eigenvalue weighted by Gasteiger charge is 2.41. The Balaban J connectivity index is 2.14. The normalized spacial score (nSPS) is 22.8. The van der Waals surface area contributed by atoms with Crippen LogP contribution in [-0.2, 0) is 23.9 Å². The molecule has 2 rings (SSSR count). The maximum Gasteiger partial charge on any atom is 0.325 e. The van der Waals surface area contributed by atoms with Crippen LogP contribution in [0.1, 0.15) is 66.7 Å². The summed E-state index contributed by atoms with van der Waals surface area (Å²) in [4.78, 5) is 57.3. The van der Waals surface area contributed by atoms with Crippen molar-refractivity contribution >= 4 is 23.7 Å². The van der Waals surface area contributed by atoms with Gasteiger partial charge in [0, 0.05) is 19.6 Å². The number of piperidine rings is 1. The van der Waals surface area contributed by atoms with Crippen LogP contribution in [-0.4, -0.2) is 110 Å². The fraction of sp³-hybridized carbons (Fsp3) is 0.852. The number of carbonyl (C=O) groups excluding carboxylic acids is 4. The van der Waals surface area contributed by atoms with E-state index in [4.69, 9.17) is 0 Å². The molecule has 2 aliphatic rings. The van der Waals surface area contributed by atoms with Gasteiger partial charge in [0.05, 0.1) is 19.2 Å². The van der Waals surface area contributed by atoms with Crippen molar-refractivity contribution < 1.29 is 23.9 Å². The molecule has 0 radical (unpaired) electrons. The monoisotopic (exact) mass is 523 g/mol. The number of likely N-dealkylation sites (tertiary alicyclic amines) is 2. The van der Waals surface area contributed by atoms with Gasteiger partial charge in [-0.2, -0.15) is 0 Å². The van der Waals surface area contributed by atoms with Crippen molar-refractivity contribution in [2.24, 2.45) is 11.3 Å². The van der Waals surface area contributed by atoms with Crippen molar-refractivity contribution in [3.63, 3.8) is 0 Å². The molecule has 2 N–H and O–H groups in total. The quantitative estimate of drug-likeness (QED) is 0.415. The smallest absolute Gasteiger partial charge is 0.325 e. The SMILES string of the molecule is COC(=O)CNC(=O)[C@@H]1CCCN1C[C@H](C(C)C)N(C)C(=O)[C@@H](NC(=O)[C@H]1CCCCN1C)C(C)(C)C. The Morgan fingerprint density at radius 2 is 1.65 bits per heavy atom. The van der Waals surface area contributed by atoms with E-state index in [1.807, 2.05) is 27.8 Å². The van der Waals surface area contributed by atoms with E-state index in [9.17, 15) is 19.2 Å². The van der Waals surface area contributed by atoms with Crippen molar-refractivity contribution in [3.8, 4) is 0 Å². The predicted molar refractivity (Wildman–Crippen MR) is 143 cm³/mol. The average Bonchev–Trinajstić information content (AvgIpc) is 3.30. The number of hydrogen-bond donors (Lipinski definition) is 2. The maximum absolute atomic E-state index is 13.9. The first-order valence-electron chi connectivity index (χ1n) is 13.6. The molecular weight excluding hydrogens is 474 g/mol. The van der Waals surface area contributed by atoms with E-state index >= 15 is 0 Å². The number of nitrogens with zero attached hydrogens (tertiary/aromatic N) is 3. The van der Waals surface area contributed by atoms with E-state index in [1.54, 1.807) is 11.9 Å². The first kappa shape index (κ1) is 31.0. The van der Waals surface area contributed by atoms with Crippen LogP contribution in [0.4, 0.5) is 0 Å². The van der Waals surface area contributed by atoms with Crippen LogP contribution in [0.25, 0.3) is 0 Å². The Hall–Kier alpha value is -2.20. The van der Waals surface area contributed by atoms with Crippen LogP contribution >= 0.6 is 0 Å². The van der Waals surface area contributed by atoms with Gasteiger partial charge in [0.15, 0.2) is 0 Å². The average molecular weight is 524 g/mol. The second-order valence-electron chi connectivity index (χ2n) is 12.0. The molecule has 0 bridgehead atoms. The molecule has 10 nitrogen and oxygen atoms in total. The lowest BCUT2D eigenvalue weighted by atomic mass is 9.84. The Morgan fingerprint density at radius 1 is 1.00 bits per heavy atom. The minimum Gasteiger partial charge on any atom is -0.468 e. The van der Waals surface area contributed by atoms with Gasteiger partial charge in [-0.05, 0) is 57.2 Å². The van der Waals surface area contributed by atoms with Crippen LogP contribution in [0.15, 0.2) is 0 Å². The second-order valence-corrected chi connectivity index (χ2v) is 12.0. The zero-order chi connectivity index (χ0) is 27.9. The summed E-state index contributed by atoms with van der Waals surface area (Å²) < 4.78 is 4.62. The first-order chi connectivity index (χ1) is 17.3. The largest absolute Gasteiger partial charge is 0.468 e. The molecule has 2 aliphatic heterocycles. The molecule has 0 saturated carbocycles. The summed E-state index contributed by atoms with van der Waals surface area (Å²) in [7, 11) is 5.05. The van der Waals surface area contributed by atoms with E-state index in [0.717, 1.165) is 38.8 Å². The molecule has 37 heavy (non-hydrogen) atoms. The van der Waals surface area contributed by atoms with Gasteiger partial charge in [-0.1, -0.05) is 41.0 Å². The highest BCUT2D eigenvalue weighted by Crippen LogP contribution is 2.26. The van der Waals surface area contributed by atoms with Crippen molar-refractivity contribution in [1.29, 1.82) is 0 Å². The lowest BCUT2D eigenvalue weighted by Crippen LogP contribution is -2.61. The number of carbonyl (C=O) groups is 4. The minimum absolute atomic E-state index is 0.0909. The molecule has 2 heterocycles. The van der Waals surface area contributed by atoms with Crippen LogP contribution in [0.3, 0.4) is 0 Å². The zero-order valence-corrected chi connectivity index (χ0v) is 24.1. The Labute approximate surface area is 222 Å². The van der Waals surface area contributed by atoms with Gasteiger partial charge in [0.1, 0.15) is 12.6 Å². The van der Waals surface area contributed by atoms with Gasteiger partial charge in [-0.15, -0.1) is 0 Å². The summed E-state index contributed by atoms with van der Waals surface area (Å²) >= 11 is 0. The van der Waals surface area contributed by atoms with Gasteiger partial charge < -0.3 is 20.3 Å². The van der Waals surface area contributed by atoms with Gasteiger partial charge in [-0.3, -0.25) is 29.0 Å². The van der Waals surface area contributed by atoms with Crippen LogP contribution in [0, 0.1) is 11.3 Å². The number of methoxy groups -OCH3 is 1. The van der Waals surface area contributed by atoms with Crippen LogP contribution in [0.5, 0.6) is 0 Å². The van der Waals surface area contributed by atoms with Gasteiger partial charge >= 0.3 is 5.97 Å². The fourth-order valence-electron chi connectivity index (χ4n) is 5.37. The van der Waals surface area contributed by atoms with E-state index in [1.165, 1.54) is 7.11 Å². The zero-order valence-electron chi connectivity index (χ0n) is 24.1. The molecule has 0 aromatic carbocycles. The Morgan fingerprint density at radius 3 is 2.22 bits per heavy atom. The molecule has 212 valence electrons. The summed E-state index contributed by atoms with van der Waals surface area (Å²) in [6.07, 6.45) is 4.46. The molecule has 10 heteroatoms. The Kier molecular flexibility index (Phi) is 11.4. The number of likely N-dealkylation sites (N-methyl/N-ethyl adjacent to an activating group) is 2. The number of ether oxygens (including phenoxy) is 1. The summed E-state index contributed by atoms with van der Waals surface area (Å²) in [5.74, 6) is -0.765. The lowest BCUT2D eigenvalue weighted by molar-refractivity contribution is -0.143. The van der Waals surface area contributed by atoms with Crippen molar-refractivity contribution in [1.82, 2.24) is 25.3 Å². The summed E-state index contributed by atoms with van der Waals surface area (Å²) in [6, 6.07) is -1.39. The van der Waals surface area contributed by atoms with Crippen molar-refractivity contribution in [3.05, 3.63) is 0 Å². The number of nitrogens with one attached hydrogen (secondary N) is 2. The highest BCUT2D eigenvalue weighted by atomic mass is 16.5. The van der Waals surface area contributed by atoms with Crippen molar-refractivity contribution in [2.75, 3.05) is 47.4 Å². The van der Waals surface area contributed by atoms with E-state index in [0.29, 0.717) is 13.0 Å². The minimum atomic E-state index is -0.667. The van der Waals surface area contributed by atoms with E-state index in [2.05, 4.69) is 39.0 Å². The molecule has 0 aromatic rings. The Bertz CT molecular complexity index is 811. The maximum atomic E-state index is 13.9. The second kappa shape index (κ2) is 13.6. The number of hydrogen-bond acceptors (Lipinski definition) is 7. The van der Waals surface area contributed by atoms with Gasteiger partial charge in [-0.25, -0.2) is 0 Å². The number of rotatable bonds is 10. The van der Waals surface area contributed by atoms with Gasteiger partial charge in [0.2, 0.25) is 17.7 Å². The molecule has 2 saturated heterocycles. The van der Waals surface area contributed by atoms with Gasteiger partial charge in [0.25, 0.3) is 0 Å². The third-order valence-corrected chi connectivity index (χ3v) is 7.81. The number of esters is 1.